The van der Waals surface area contributed by atoms with Gasteiger partial charge in [-0.25, -0.2) is 0 Å². The van der Waals surface area contributed by atoms with E-state index in [0.29, 0.717) is 0 Å². The van der Waals surface area contributed by atoms with Crippen molar-refractivity contribution in [2.75, 3.05) is 33.4 Å². The van der Waals surface area contributed by atoms with Crippen LogP contribution in [0.25, 0.3) is 0 Å². The fourth-order valence-corrected chi connectivity index (χ4v) is 0.720. The van der Waals surface area contributed by atoms with E-state index < -0.39 is 0 Å². The van der Waals surface area contributed by atoms with Crippen LogP contribution in [0.4, 0.5) is 0 Å². The molecule has 0 atom stereocenters. The predicted molar refractivity (Wildman–Crippen MR) is 29.4 cm³/mol. The summed E-state index contributed by atoms with van der Waals surface area (Å²) in [5.74, 6) is 0. The molecule has 1 fully saturated rings. The number of rotatable bonds is 0. The maximum Gasteiger partial charge on any atom is 0.101 e. The van der Waals surface area contributed by atoms with Gasteiger partial charge >= 0.3 is 0 Å². The van der Waals surface area contributed by atoms with Crippen LogP contribution in [0.3, 0.4) is 0 Å². The Bertz CT molecular complexity index is 52.4. The molecule has 0 unspecified atom stereocenters. The molecule has 8 heavy (non-hydrogen) atoms. The first kappa shape index (κ1) is 7.88. The summed E-state index contributed by atoms with van der Waals surface area (Å²) in [6, 6.07) is 0. The fourth-order valence-electron chi connectivity index (χ4n) is 0.720. The van der Waals surface area contributed by atoms with Crippen molar-refractivity contribution in [3.05, 3.63) is 0 Å². The van der Waals surface area contributed by atoms with E-state index in [9.17, 15) is 0 Å². The van der Waals surface area contributed by atoms with Crippen molar-refractivity contribution in [3.63, 3.8) is 0 Å². The molecule has 3 nitrogen and oxygen atoms in total. The van der Waals surface area contributed by atoms with Crippen LogP contribution in [0.15, 0.2) is 0 Å². The van der Waals surface area contributed by atoms with Crippen molar-refractivity contribution in [1.82, 2.24) is 0 Å². The van der Waals surface area contributed by atoms with Gasteiger partial charge in [0.1, 0.15) is 13.1 Å². The number of hydrogen-bond donors (Lipinski definition) is 1. The molecule has 0 aromatic rings. The van der Waals surface area contributed by atoms with Crippen molar-refractivity contribution in [3.8, 4) is 0 Å². The minimum absolute atomic E-state index is 0. The molecule has 2 N–H and O–H groups in total. The number of quaternary nitrogens is 1. The third kappa shape index (κ3) is 2.26. The molecule has 0 aromatic carbocycles. The lowest BCUT2D eigenvalue weighted by molar-refractivity contribution is -0.888. The summed E-state index contributed by atoms with van der Waals surface area (Å²) < 4.78 is 5.12. The highest BCUT2D eigenvalue weighted by atomic mass is 16.5. The lowest BCUT2D eigenvalue weighted by Gasteiger charge is -2.18. The first-order valence-electron chi connectivity index (χ1n) is 2.78. The predicted octanol–water partition coefficient (Wildman–Crippen LogP) is -1.65. The number of ether oxygens (including phenoxy) is 1. The van der Waals surface area contributed by atoms with E-state index in [2.05, 4.69) is 7.05 Å². The van der Waals surface area contributed by atoms with E-state index in [1.807, 2.05) is 0 Å². The van der Waals surface area contributed by atoms with Crippen LogP contribution in [0.1, 0.15) is 0 Å². The van der Waals surface area contributed by atoms with Gasteiger partial charge < -0.3 is 15.1 Å². The Morgan fingerprint density at radius 1 is 1.25 bits per heavy atom. The number of hydrogen-bond acceptors (Lipinski definition) is 2. The summed E-state index contributed by atoms with van der Waals surface area (Å²) in [5, 5.41) is 0. The third-order valence-corrected chi connectivity index (χ3v) is 1.35. The van der Waals surface area contributed by atoms with Gasteiger partial charge in [-0.3, -0.25) is 0 Å². The van der Waals surface area contributed by atoms with Gasteiger partial charge in [0.05, 0.1) is 20.3 Å². The molecule has 0 radical (unpaired) electrons. The summed E-state index contributed by atoms with van der Waals surface area (Å²) in [4.78, 5) is 1.59. The molecular weight excluding hydrogens is 106 g/mol. The van der Waals surface area contributed by atoms with Gasteiger partial charge in [0, 0.05) is 0 Å². The normalized spacial score (nSPS) is 22.1. The van der Waals surface area contributed by atoms with Crippen molar-refractivity contribution < 1.29 is 15.1 Å². The Morgan fingerprint density at radius 3 is 2.00 bits per heavy atom. The number of likely N-dealkylation sites (N-methyl/N-ethyl adjacent to an activating group) is 1. The summed E-state index contributed by atoms with van der Waals surface area (Å²) >= 11 is 0. The zero-order valence-corrected chi connectivity index (χ0v) is 5.18. The minimum atomic E-state index is 0. The van der Waals surface area contributed by atoms with E-state index >= 15 is 0 Å². The Kier molecular flexibility index (Phi) is 3.77. The quantitative estimate of drug-likeness (QED) is 0.415. The summed E-state index contributed by atoms with van der Waals surface area (Å²) in [6.07, 6.45) is 0. The van der Waals surface area contributed by atoms with E-state index in [-0.39, 0.29) is 5.48 Å². The van der Waals surface area contributed by atoms with Crippen LogP contribution in [0, 0.1) is 0 Å². The second-order valence-electron chi connectivity index (χ2n) is 2.07. The van der Waals surface area contributed by atoms with Crippen LogP contribution < -0.4 is 4.90 Å². The molecule has 1 aliphatic rings. The van der Waals surface area contributed by atoms with Crippen molar-refractivity contribution in [2.45, 2.75) is 0 Å². The van der Waals surface area contributed by atoms with Gasteiger partial charge in [-0.05, 0) is 0 Å². The van der Waals surface area contributed by atoms with E-state index in [1.165, 1.54) is 13.1 Å². The molecule has 3 heteroatoms. The van der Waals surface area contributed by atoms with Crippen LogP contribution >= 0.6 is 0 Å². The van der Waals surface area contributed by atoms with Gasteiger partial charge in [-0.15, -0.1) is 0 Å². The summed E-state index contributed by atoms with van der Waals surface area (Å²) in [7, 11) is 2.20. The highest BCUT2D eigenvalue weighted by molar-refractivity contribution is 4.34. The van der Waals surface area contributed by atoms with Crippen molar-refractivity contribution in [1.29, 1.82) is 0 Å². The summed E-state index contributed by atoms with van der Waals surface area (Å²) in [6.45, 7) is 4.26. The maximum absolute atomic E-state index is 5.12. The lowest BCUT2D eigenvalue weighted by atomic mass is 10.5. The monoisotopic (exact) mass is 119 g/mol. The standard InChI is InChI=1S/C5H11NO.H2O/c1-6-2-4-7-5-3-6;/h2-5H2,1H3;1H2. The van der Waals surface area contributed by atoms with Gasteiger partial charge in [0.25, 0.3) is 0 Å². The number of nitrogens with one attached hydrogen (secondary N) is 1. The first-order chi connectivity index (χ1) is 3.39. The lowest BCUT2D eigenvalue weighted by Crippen LogP contribution is -3.11. The molecule has 0 saturated carbocycles. The second kappa shape index (κ2) is 3.83. The van der Waals surface area contributed by atoms with Crippen LogP contribution in [0.2, 0.25) is 0 Å². The minimum Gasteiger partial charge on any atom is -0.870 e. The Balaban J connectivity index is 0.000000490. The highest BCUT2D eigenvalue weighted by Crippen LogP contribution is 1.71. The topological polar surface area (TPSA) is 43.7 Å². The second-order valence-corrected chi connectivity index (χ2v) is 2.07. The molecule has 1 saturated heterocycles. The average molecular weight is 119 g/mol. The molecule has 0 amide bonds. The number of morpholine rings is 1. The Morgan fingerprint density at radius 2 is 1.75 bits per heavy atom. The van der Waals surface area contributed by atoms with Crippen LogP contribution in [-0.2, 0) is 4.74 Å². The maximum atomic E-state index is 5.12. The molecule has 0 spiro atoms. The largest absolute Gasteiger partial charge is 0.870 e. The van der Waals surface area contributed by atoms with Gasteiger partial charge in [-0.1, -0.05) is 0 Å². The molecule has 1 heterocycles. The first-order valence-corrected chi connectivity index (χ1v) is 2.78. The zero-order chi connectivity index (χ0) is 5.11. The molecule has 0 aliphatic carbocycles. The van der Waals surface area contributed by atoms with Gasteiger partial charge in [0.15, 0.2) is 0 Å². The molecule has 1 rings (SSSR count). The van der Waals surface area contributed by atoms with Crippen molar-refractivity contribution in [2.24, 2.45) is 0 Å². The Hall–Kier alpha value is -0.120. The molecule has 1 aliphatic heterocycles. The van der Waals surface area contributed by atoms with Gasteiger partial charge in [0.2, 0.25) is 0 Å². The van der Waals surface area contributed by atoms with Crippen LogP contribution in [-0.4, -0.2) is 38.8 Å². The zero-order valence-electron chi connectivity index (χ0n) is 5.18. The van der Waals surface area contributed by atoms with E-state index in [1.54, 1.807) is 4.90 Å². The molecule has 0 aromatic heterocycles. The molecule has 50 valence electrons. The van der Waals surface area contributed by atoms with Gasteiger partial charge in [-0.2, -0.15) is 0 Å². The highest BCUT2D eigenvalue weighted by Gasteiger charge is 2.05. The SMILES string of the molecule is C[NH+]1CCOCC1.[OH-]. The molecule has 0 bridgehead atoms. The summed E-state index contributed by atoms with van der Waals surface area (Å²) in [5.41, 5.74) is 0. The Labute approximate surface area is 49.5 Å². The van der Waals surface area contributed by atoms with E-state index in [0.717, 1.165) is 13.2 Å². The van der Waals surface area contributed by atoms with Crippen molar-refractivity contribution >= 4 is 0 Å². The van der Waals surface area contributed by atoms with Crippen LogP contribution in [0.5, 0.6) is 0 Å². The fraction of sp³-hybridized carbons (Fsp3) is 1.00. The average Bonchev–Trinajstić information content (AvgIpc) is 1.69. The third-order valence-electron chi connectivity index (χ3n) is 1.35. The molecular formula is C5H13NO2. The van der Waals surface area contributed by atoms with E-state index in [4.69, 9.17) is 4.74 Å². The smallest absolute Gasteiger partial charge is 0.101 e.